The second-order valence-corrected chi connectivity index (χ2v) is 7.33. The van der Waals surface area contributed by atoms with Gasteiger partial charge < -0.3 is 20.7 Å². The average molecular weight is 403 g/mol. The van der Waals surface area contributed by atoms with E-state index >= 15 is 0 Å². The fourth-order valence-electron chi connectivity index (χ4n) is 2.99. The van der Waals surface area contributed by atoms with E-state index in [0.29, 0.717) is 6.42 Å². The lowest BCUT2D eigenvalue weighted by Crippen LogP contribution is -2.55. The van der Waals surface area contributed by atoms with Crippen molar-refractivity contribution in [1.29, 1.82) is 0 Å². The van der Waals surface area contributed by atoms with Gasteiger partial charge >= 0.3 is 5.97 Å². The van der Waals surface area contributed by atoms with E-state index in [2.05, 4.69) is 16.0 Å². The van der Waals surface area contributed by atoms with E-state index in [9.17, 15) is 19.2 Å². The predicted molar refractivity (Wildman–Crippen MR) is 107 cm³/mol. The molecule has 1 heterocycles. The molecule has 1 aliphatic rings. The molecule has 2 rings (SSSR count). The molecule has 0 saturated carbocycles. The number of ether oxygens (including phenoxy) is 1. The molecule has 8 heteroatoms. The second kappa shape index (κ2) is 10.6. The number of rotatable bonds is 4. The van der Waals surface area contributed by atoms with Crippen LogP contribution in [0.1, 0.15) is 39.2 Å². The van der Waals surface area contributed by atoms with Crippen molar-refractivity contribution in [2.24, 2.45) is 5.92 Å². The smallest absolute Gasteiger partial charge is 0.328 e. The van der Waals surface area contributed by atoms with E-state index in [0.717, 1.165) is 5.56 Å². The van der Waals surface area contributed by atoms with Crippen molar-refractivity contribution in [3.05, 3.63) is 35.9 Å². The molecule has 0 aliphatic carbocycles. The molecule has 3 amide bonds. The second-order valence-electron chi connectivity index (χ2n) is 7.33. The predicted octanol–water partition coefficient (Wildman–Crippen LogP) is 0.696. The van der Waals surface area contributed by atoms with E-state index < -0.39 is 41.8 Å². The number of benzene rings is 1. The first-order valence-electron chi connectivity index (χ1n) is 9.92. The molecule has 158 valence electrons. The van der Waals surface area contributed by atoms with E-state index in [-0.39, 0.29) is 25.4 Å². The number of hydrogen-bond donors (Lipinski definition) is 3. The SMILES string of the molecule is CC[C@H](C)[C@H]1NC(=O)[C@H](C)NC(=O)[C@H](Cc2ccccc2)NC(=O)CCOC1=O. The van der Waals surface area contributed by atoms with Crippen molar-refractivity contribution in [3.8, 4) is 0 Å². The van der Waals surface area contributed by atoms with Crippen molar-refractivity contribution in [3.63, 3.8) is 0 Å². The normalized spacial score (nSPS) is 25.3. The minimum atomic E-state index is -0.877. The van der Waals surface area contributed by atoms with Gasteiger partial charge in [-0.1, -0.05) is 50.6 Å². The van der Waals surface area contributed by atoms with Gasteiger partial charge in [0.15, 0.2) is 0 Å². The Morgan fingerprint density at radius 1 is 1.03 bits per heavy atom. The number of nitrogens with one attached hydrogen (secondary N) is 3. The molecule has 1 saturated heterocycles. The first kappa shape index (κ1) is 22.4. The third kappa shape index (κ3) is 6.58. The lowest BCUT2D eigenvalue weighted by molar-refractivity contribution is -0.150. The number of cyclic esters (lactones) is 1. The summed E-state index contributed by atoms with van der Waals surface area (Å²) in [5.74, 6) is -2.08. The monoisotopic (exact) mass is 403 g/mol. The summed E-state index contributed by atoms with van der Waals surface area (Å²) in [4.78, 5) is 50.0. The maximum Gasteiger partial charge on any atom is 0.328 e. The standard InChI is InChI=1S/C21H29N3O5/c1-4-13(2)18-21(28)29-11-10-17(25)23-16(12-15-8-6-5-7-9-15)20(27)22-14(3)19(26)24-18/h5-9,13-14,16,18H,4,10-12H2,1-3H3,(H,22,27)(H,23,25)(H,24,26)/t13-,14-,16-,18+/m0/s1. The number of carbonyl (C=O) groups is 4. The molecular weight excluding hydrogens is 374 g/mol. The Hall–Kier alpha value is -2.90. The van der Waals surface area contributed by atoms with E-state index in [4.69, 9.17) is 4.74 Å². The highest BCUT2D eigenvalue weighted by Gasteiger charge is 2.31. The van der Waals surface area contributed by atoms with Crippen LogP contribution in [0.3, 0.4) is 0 Å². The summed E-state index contributed by atoms with van der Waals surface area (Å²) < 4.78 is 5.21. The lowest BCUT2D eigenvalue weighted by Gasteiger charge is -2.25. The summed E-state index contributed by atoms with van der Waals surface area (Å²) in [7, 11) is 0. The van der Waals surface area contributed by atoms with E-state index in [1.807, 2.05) is 44.2 Å². The first-order valence-corrected chi connectivity index (χ1v) is 9.92. The van der Waals surface area contributed by atoms with Crippen LogP contribution in [0, 0.1) is 5.92 Å². The zero-order valence-electron chi connectivity index (χ0n) is 17.1. The van der Waals surface area contributed by atoms with Gasteiger partial charge in [0.05, 0.1) is 6.42 Å². The van der Waals surface area contributed by atoms with Crippen LogP contribution in [0.5, 0.6) is 0 Å². The minimum Gasteiger partial charge on any atom is -0.464 e. The van der Waals surface area contributed by atoms with E-state index in [1.165, 1.54) is 6.92 Å². The van der Waals surface area contributed by atoms with Crippen LogP contribution in [0.25, 0.3) is 0 Å². The van der Waals surface area contributed by atoms with Crippen LogP contribution in [0.2, 0.25) is 0 Å². The van der Waals surface area contributed by atoms with Crippen LogP contribution in [-0.4, -0.2) is 48.4 Å². The highest BCUT2D eigenvalue weighted by molar-refractivity contribution is 5.93. The van der Waals surface area contributed by atoms with Gasteiger partial charge in [0, 0.05) is 6.42 Å². The number of hydrogen-bond acceptors (Lipinski definition) is 5. The van der Waals surface area contributed by atoms with Gasteiger partial charge in [-0.05, 0) is 18.4 Å². The van der Waals surface area contributed by atoms with Crippen LogP contribution >= 0.6 is 0 Å². The Morgan fingerprint density at radius 3 is 2.38 bits per heavy atom. The topological polar surface area (TPSA) is 114 Å². The van der Waals surface area contributed by atoms with Crippen LogP contribution in [-0.2, 0) is 30.3 Å². The van der Waals surface area contributed by atoms with Gasteiger partial charge in [-0.3, -0.25) is 14.4 Å². The summed E-state index contributed by atoms with van der Waals surface area (Å²) in [6, 6.07) is 6.71. The molecule has 0 unspecified atom stereocenters. The van der Waals surface area contributed by atoms with Gasteiger partial charge in [0.2, 0.25) is 17.7 Å². The Kier molecular flexibility index (Phi) is 8.18. The third-order valence-electron chi connectivity index (χ3n) is 5.02. The largest absolute Gasteiger partial charge is 0.464 e. The first-order chi connectivity index (χ1) is 13.8. The number of esters is 1. The lowest BCUT2D eigenvalue weighted by atomic mass is 9.99. The van der Waals surface area contributed by atoms with Crippen molar-refractivity contribution < 1.29 is 23.9 Å². The molecule has 1 aromatic rings. The van der Waals surface area contributed by atoms with Crippen molar-refractivity contribution in [1.82, 2.24) is 16.0 Å². The highest BCUT2D eigenvalue weighted by atomic mass is 16.5. The fraction of sp³-hybridized carbons (Fsp3) is 0.524. The summed E-state index contributed by atoms with van der Waals surface area (Å²) in [5.41, 5.74) is 0.873. The molecule has 8 nitrogen and oxygen atoms in total. The van der Waals surface area contributed by atoms with Crippen molar-refractivity contribution >= 4 is 23.7 Å². The van der Waals surface area contributed by atoms with Gasteiger partial charge in [-0.15, -0.1) is 0 Å². The van der Waals surface area contributed by atoms with Crippen molar-refractivity contribution in [2.45, 2.75) is 58.2 Å². The molecule has 3 N–H and O–H groups in total. The van der Waals surface area contributed by atoms with Gasteiger partial charge in [-0.25, -0.2) is 4.79 Å². The van der Waals surface area contributed by atoms with Gasteiger partial charge in [-0.2, -0.15) is 0 Å². The molecule has 29 heavy (non-hydrogen) atoms. The molecule has 0 bridgehead atoms. The highest BCUT2D eigenvalue weighted by Crippen LogP contribution is 2.11. The average Bonchev–Trinajstić information content (AvgIpc) is 2.71. The third-order valence-corrected chi connectivity index (χ3v) is 5.02. The summed E-state index contributed by atoms with van der Waals surface area (Å²) >= 11 is 0. The molecule has 1 fully saturated rings. The van der Waals surface area contributed by atoms with Gasteiger partial charge in [0.1, 0.15) is 24.7 Å². The molecule has 1 aliphatic heterocycles. The fourth-order valence-corrected chi connectivity index (χ4v) is 2.99. The Balaban J connectivity index is 2.21. The number of carbonyl (C=O) groups excluding carboxylic acids is 4. The summed E-state index contributed by atoms with van der Waals surface area (Å²) in [6.07, 6.45) is 0.865. The molecule has 0 spiro atoms. The maximum atomic E-state index is 12.8. The van der Waals surface area contributed by atoms with Crippen molar-refractivity contribution in [2.75, 3.05) is 6.61 Å². The molecule has 0 aromatic heterocycles. The van der Waals surface area contributed by atoms with Crippen LogP contribution < -0.4 is 16.0 Å². The Bertz CT molecular complexity index is 737. The summed E-state index contributed by atoms with van der Waals surface area (Å²) in [5, 5.41) is 7.98. The molecule has 4 atom stereocenters. The quantitative estimate of drug-likeness (QED) is 0.641. The molecular formula is C21H29N3O5. The van der Waals surface area contributed by atoms with Gasteiger partial charge in [0.25, 0.3) is 0 Å². The zero-order valence-corrected chi connectivity index (χ0v) is 17.1. The minimum absolute atomic E-state index is 0.0684. The maximum absolute atomic E-state index is 12.8. The van der Waals surface area contributed by atoms with E-state index in [1.54, 1.807) is 0 Å². The van der Waals surface area contributed by atoms with Crippen LogP contribution in [0.4, 0.5) is 0 Å². The Morgan fingerprint density at radius 2 is 1.72 bits per heavy atom. The Labute approximate surface area is 170 Å². The molecule has 0 radical (unpaired) electrons. The summed E-state index contributed by atoms with van der Waals surface area (Å²) in [6.45, 7) is 5.14. The zero-order chi connectivity index (χ0) is 21.4. The van der Waals surface area contributed by atoms with Crippen LogP contribution in [0.15, 0.2) is 30.3 Å². The number of amides is 3. The molecule has 1 aromatic carbocycles.